The molecular formula is C22H28F2N2O4S. The topological polar surface area (TPSA) is 75.7 Å². The highest BCUT2D eigenvalue weighted by atomic mass is 32.2. The van der Waals surface area contributed by atoms with Gasteiger partial charge in [0.25, 0.3) is 0 Å². The highest BCUT2D eigenvalue weighted by Crippen LogP contribution is 2.30. The first-order chi connectivity index (χ1) is 14.3. The predicted octanol–water partition coefficient (Wildman–Crippen LogP) is 3.61. The molecule has 0 aliphatic rings. The lowest BCUT2D eigenvalue weighted by Gasteiger charge is -2.28. The molecule has 0 fully saturated rings. The summed E-state index contributed by atoms with van der Waals surface area (Å²) in [6.45, 7) is 7.88. The van der Waals surface area contributed by atoms with Gasteiger partial charge in [-0.2, -0.15) is 0 Å². The molecule has 0 aliphatic heterocycles. The number of anilines is 1. The van der Waals surface area contributed by atoms with E-state index in [0.29, 0.717) is 5.75 Å². The van der Waals surface area contributed by atoms with Crippen molar-refractivity contribution in [3.63, 3.8) is 0 Å². The molecule has 9 heteroatoms. The van der Waals surface area contributed by atoms with Crippen molar-refractivity contribution < 1.29 is 26.7 Å². The fraction of sp³-hybridized carbons (Fsp3) is 0.409. The third-order valence-corrected chi connectivity index (χ3v) is 5.84. The second-order valence-corrected chi connectivity index (χ2v) is 10.1. The summed E-state index contributed by atoms with van der Waals surface area (Å²) < 4.78 is 57.8. The number of nitrogens with one attached hydrogen (secondary N) is 1. The Morgan fingerprint density at radius 1 is 1.13 bits per heavy atom. The Balaban J connectivity index is 2.05. The number of rotatable bonds is 8. The monoisotopic (exact) mass is 454 g/mol. The van der Waals surface area contributed by atoms with Gasteiger partial charge in [0, 0.05) is 6.07 Å². The van der Waals surface area contributed by atoms with E-state index in [1.165, 1.54) is 6.92 Å². The third kappa shape index (κ3) is 6.40. The first-order valence-electron chi connectivity index (χ1n) is 9.77. The fourth-order valence-corrected chi connectivity index (χ4v) is 4.29. The number of benzene rings is 2. The molecule has 1 unspecified atom stereocenters. The van der Waals surface area contributed by atoms with Gasteiger partial charge in [-0.3, -0.25) is 9.10 Å². The van der Waals surface area contributed by atoms with Crippen LogP contribution >= 0.6 is 0 Å². The van der Waals surface area contributed by atoms with Gasteiger partial charge >= 0.3 is 0 Å². The highest BCUT2D eigenvalue weighted by Gasteiger charge is 2.29. The average molecular weight is 455 g/mol. The SMILES string of the molecule is CC(C(=O)NCCOc1ccccc1C(C)(C)C)N(c1ccc(F)c(F)c1)S(C)(=O)=O. The van der Waals surface area contributed by atoms with E-state index in [1.54, 1.807) is 0 Å². The first-order valence-corrected chi connectivity index (χ1v) is 11.6. The van der Waals surface area contributed by atoms with Gasteiger partial charge in [0.05, 0.1) is 18.5 Å². The summed E-state index contributed by atoms with van der Waals surface area (Å²) in [5, 5.41) is 2.62. The van der Waals surface area contributed by atoms with Crippen molar-refractivity contribution in [3.05, 3.63) is 59.7 Å². The van der Waals surface area contributed by atoms with Crippen LogP contribution in [0.2, 0.25) is 0 Å². The lowest BCUT2D eigenvalue weighted by atomic mass is 9.86. The Labute approximate surface area is 182 Å². The van der Waals surface area contributed by atoms with Gasteiger partial charge < -0.3 is 10.1 Å². The van der Waals surface area contributed by atoms with Crippen molar-refractivity contribution in [3.8, 4) is 5.75 Å². The van der Waals surface area contributed by atoms with Crippen LogP contribution in [0.15, 0.2) is 42.5 Å². The molecule has 0 saturated carbocycles. The van der Waals surface area contributed by atoms with Crippen LogP contribution in [0.1, 0.15) is 33.3 Å². The zero-order valence-corrected chi connectivity index (χ0v) is 19.1. The molecule has 31 heavy (non-hydrogen) atoms. The molecule has 0 spiro atoms. The van der Waals surface area contributed by atoms with Gasteiger partial charge in [-0.15, -0.1) is 0 Å². The van der Waals surface area contributed by atoms with Gasteiger partial charge in [-0.1, -0.05) is 39.0 Å². The van der Waals surface area contributed by atoms with Gasteiger partial charge in [0.1, 0.15) is 18.4 Å². The maximum Gasteiger partial charge on any atom is 0.243 e. The van der Waals surface area contributed by atoms with Crippen LogP contribution in [0.5, 0.6) is 5.75 Å². The Bertz CT molecular complexity index is 1040. The van der Waals surface area contributed by atoms with Gasteiger partial charge in [0.15, 0.2) is 11.6 Å². The number of nitrogens with zero attached hydrogens (tertiary/aromatic N) is 1. The molecular weight excluding hydrogens is 426 g/mol. The number of amides is 1. The van der Waals surface area contributed by atoms with E-state index in [2.05, 4.69) is 26.1 Å². The molecule has 2 aromatic rings. The second kappa shape index (κ2) is 9.64. The second-order valence-electron chi connectivity index (χ2n) is 8.22. The van der Waals surface area contributed by atoms with E-state index >= 15 is 0 Å². The molecule has 0 bridgehead atoms. The maximum absolute atomic E-state index is 13.6. The Kier molecular flexibility index (Phi) is 7.64. The van der Waals surface area contributed by atoms with E-state index in [1.807, 2.05) is 24.3 Å². The number of para-hydroxylation sites is 1. The van der Waals surface area contributed by atoms with Crippen LogP contribution in [-0.2, 0) is 20.2 Å². The van der Waals surface area contributed by atoms with Crippen molar-refractivity contribution >= 4 is 21.6 Å². The van der Waals surface area contributed by atoms with Crippen LogP contribution in [0.25, 0.3) is 0 Å². The molecule has 1 atom stereocenters. The molecule has 6 nitrogen and oxygen atoms in total. The molecule has 2 aromatic carbocycles. The normalized spacial score (nSPS) is 12.9. The summed E-state index contributed by atoms with van der Waals surface area (Å²) in [5.74, 6) is -2.20. The van der Waals surface area contributed by atoms with E-state index in [9.17, 15) is 22.0 Å². The van der Waals surface area contributed by atoms with Crippen molar-refractivity contribution in [2.45, 2.75) is 39.2 Å². The molecule has 1 N–H and O–H groups in total. The summed E-state index contributed by atoms with van der Waals surface area (Å²) in [6, 6.07) is 9.09. The van der Waals surface area contributed by atoms with Gasteiger partial charge in [0.2, 0.25) is 15.9 Å². The summed E-state index contributed by atoms with van der Waals surface area (Å²) in [5.41, 5.74) is 0.769. The average Bonchev–Trinajstić information content (AvgIpc) is 2.66. The first kappa shape index (κ1) is 24.6. The lowest BCUT2D eigenvalue weighted by Crippen LogP contribution is -2.48. The summed E-state index contributed by atoms with van der Waals surface area (Å²) in [7, 11) is -3.94. The Morgan fingerprint density at radius 3 is 2.35 bits per heavy atom. The number of sulfonamides is 1. The quantitative estimate of drug-likeness (QED) is 0.619. The molecule has 0 saturated heterocycles. The number of carbonyl (C=O) groups is 1. The maximum atomic E-state index is 13.6. The van der Waals surface area contributed by atoms with Crippen LogP contribution in [0, 0.1) is 11.6 Å². The lowest BCUT2D eigenvalue weighted by molar-refractivity contribution is -0.121. The van der Waals surface area contributed by atoms with Crippen LogP contribution in [-0.4, -0.2) is 39.8 Å². The van der Waals surface area contributed by atoms with Crippen LogP contribution in [0.4, 0.5) is 14.5 Å². The molecule has 0 heterocycles. The van der Waals surface area contributed by atoms with Gasteiger partial charge in [-0.25, -0.2) is 17.2 Å². The van der Waals surface area contributed by atoms with E-state index in [-0.39, 0.29) is 24.3 Å². The minimum Gasteiger partial charge on any atom is -0.491 e. The summed E-state index contributed by atoms with van der Waals surface area (Å²) in [4.78, 5) is 12.6. The zero-order valence-electron chi connectivity index (χ0n) is 18.3. The number of ether oxygens (including phenoxy) is 1. The minimum atomic E-state index is -3.94. The smallest absolute Gasteiger partial charge is 0.243 e. The highest BCUT2D eigenvalue weighted by molar-refractivity contribution is 7.92. The summed E-state index contributed by atoms with van der Waals surface area (Å²) >= 11 is 0. The number of hydrogen-bond acceptors (Lipinski definition) is 4. The van der Waals surface area contributed by atoms with E-state index < -0.39 is 33.6 Å². The molecule has 0 aliphatic carbocycles. The van der Waals surface area contributed by atoms with Gasteiger partial charge in [-0.05, 0) is 36.1 Å². The van der Waals surface area contributed by atoms with Crippen molar-refractivity contribution in [2.24, 2.45) is 0 Å². The largest absolute Gasteiger partial charge is 0.491 e. The Hall–Kier alpha value is -2.68. The summed E-state index contributed by atoms with van der Waals surface area (Å²) in [6.07, 6.45) is 0.893. The Morgan fingerprint density at radius 2 is 1.77 bits per heavy atom. The predicted molar refractivity (Wildman–Crippen MR) is 117 cm³/mol. The number of hydrogen-bond donors (Lipinski definition) is 1. The molecule has 0 aromatic heterocycles. The van der Waals surface area contributed by atoms with Crippen molar-refractivity contribution in [1.82, 2.24) is 5.32 Å². The van der Waals surface area contributed by atoms with Crippen molar-refractivity contribution in [1.29, 1.82) is 0 Å². The van der Waals surface area contributed by atoms with Crippen molar-refractivity contribution in [2.75, 3.05) is 23.7 Å². The molecule has 1 amide bonds. The van der Waals surface area contributed by atoms with E-state index in [0.717, 1.165) is 34.3 Å². The van der Waals surface area contributed by atoms with E-state index in [4.69, 9.17) is 4.74 Å². The van der Waals surface area contributed by atoms with Crippen LogP contribution < -0.4 is 14.4 Å². The number of carbonyl (C=O) groups excluding carboxylic acids is 1. The molecule has 0 radical (unpaired) electrons. The molecule has 170 valence electrons. The minimum absolute atomic E-state index is 0.116. The third-order valence-electron chi connectivity index (χ3n) is 4.60. The van der Waals surface area contributed by atoms with Crippen LogP contribution in [0.3, 0.4) is 0 Å². The fourth-order valence-electron chi connectivity index (χ4n) is 3.13. The number of halogens is 2. The standard InChI is InChI=1S/C22H28F2N2O4S/c1-15(26(31(5,28)29)16-10-11-18(23)19(24)14-16)21(27)25-12-13-30-20-9-7-6-8-17(20)22(2,3)4/h6-11,14-15H,12-13H2,1-5H3,(H,25,27). The molecule has 2 rings (SSSR count). The zero-order chi connectivity index (χ0) is 23.4.